The number of hydrogen-bond donors (Lipinski definition) is 3. The Labute approximate surface area is 329 Å². The highest BCUT2D eigenvalue weighted by molar-refractivity contribution is 6.05. The molecule has 0 aliphatic carbocycles. The van der Waals surface area contributed by atoms with Crippen molar-refractivity contribution in [2.24, 2.45) is 0 Å². The highest BCUT2D eigenvalue weighted by atomic mass is 19.1. The van der Waals surface area contributed by atoms with E-state index >= 15 is 0 Å². The lowest BCUT2D eigenvalue weighted by Gasteiger charge is -2.50. The molecule has 4 fully saturated rings. The molecule has 7 heterocycles. The largest absolute Gasteiger partial charge is 0.504 e. The number of nitrogens with one attached hydrogen (secondary N) is 2. The number of urea groups is 1. The SMILES string of the molecule is C[C@@H]1CN(C[C@H]2CN(c3ccc4c(c3)CN([C@@H]3CCC(=O)NC3=O)C4=O)CCO2)C[C@H](C)N1C(=O)N1CCN2c3cc(-c4cccc(F)c4O)nnc3NC[C@H]2C1. The number of piperidine rings is 1. The minimum absolute atomic E-state index is 0.00193. The van der Waals surface area contributed by atoms with E-state index in [-0.39, 0.29) is 54.1 Å². The van der Waals surface area contributed by atoms with Crippen LogP contribution in [0.3, 0.4) is 0 Å². The van der Waals surface area contributed by atoms with Crippen LogP contribution in [-0.4, -0.2) is 154 Å². The number of anilines is 3. The lowest BCUT2D eigenvalue weighted by atomic mass is 10.0. The summed E-state index contributed by atoms with van der Waals surface area (Å²) in [7, 11) is 0. The van der Waals surface area contributed by atoms with Crippen molar-refractivity contribution in [2.45, 2.75) is 63.5 Å². The van der Waals surface area contributed by atoms with Gasteiger partial charge in [-0.05, 0) is 62.2 Å². The van der Waals surface area contributed by atoms with Gasteiger partial charge in [0.05, 0.1) is 30.1 Å². The van der Waals surface area contributed by atoms with Crippen LogP contribution in [0.15, 0.2) is 42.5 Å². The van der Waals surface area contributed by atoms with Crippen molar-refractivity contribution in [1.82, 2.24) is 35.1 Å². The Morgan fingerprint density at radius 2 is 1.79 bits per heavy atom. The molecule has 3 aromatic rings. The van der Waals surface area contributed by atoms with Crippen molar-refractivity contribution in [3.05, 3.63) is 59.4 Å². The van der Waals surface area contributed by atoms with Crippen molar-refractivity contribution in [3.63, 3.8) is 0 Å². The Balaban J connectivity index is 0.799. The van der Waals surface area contributed by atoms with E-state index in [0.29, 0.717) is 69.4 Å². The zero-order chi connectivity index (χ0) is 39.5. The monoisotopic (exact) mass is 782 g/mol. The molecule has 57 heavy (non-hydrogen) atoms. The van der Waals surface area contributed by atoms with Gasteiger partial charge in [0.2, 0.25) is 11.8 Å². The third-order valence-electron chi connectivity index (χ3n) is 12.3. The first kappa shape index (κ1) is 37.1. The maximum Gasteiger partial charge on any atom is 0.320 e. The Bertz CT molecular complexity index is 2110. The molecule has 5 atom stereocenters. The van der Waals surface area contributed by atoms with Gasteiger partial charge in [-0.15, -0.1) is 10.2 Å². The van der Waals surface area contributed by atoms with E-state index in [9.17, 15) is 28.7 Å². The van der Waals surface area contributed by atoms with Crippen LogP contribution in [-0.2, 0) is 20.9 Å². The molecule has 6 aliphatic heterocycles. The summed E-state index contributed by atoms with van der Waals surface area (Å²) in [6.07, 6.45) is 0.512. The zero-order valence-electron chi connectivity index (χ0n) is 32.1. The number of ether oxygens (including phenoxy) is 1. The number of piperazine rings is 2. The number of carbonyl (C=O) groups excluding carboxylic acids is 4. The zero-order valence-corrected chi connectivity index (χ0v) is 32.1. The number of nitrogens with zero attached hydrogens (tertiary/aromatic N) is 8. The van der Waals surface area contributed by atoms with E-state index in [1.54, 1.807) is 11.0 Å². The first-order chi connectivity index (χ1) is 27.5. The molecule has 1 aromatic heterocycles. The van der Waals surface area contributed by atoms with Crippen LogP contribution in [0.2, 0.25) is 0 Å². The van der Waals surface area contributed by atoms with E-state index in [1.165, 1.54) is 12.1 Å². The van der Waals surface area contributed by atoms with Gasteiger partial charge in [-0.2, -0.15) is 0 Å². The van der Waals surface area contributed by atoms with E-state index in [4.69, 9.17) is 4.74 Å². The van der Waals surface area contributed by atoms with Gasteiger partial charge < -0.3 is 39.7 Å². The summed E-state index contributed by atoms with van der Waals surface area (Å²) in [6.45, 7) is 11.0. The Hall–Kier alpha value is -5.55. The fraction of sp³-hybridized carbons (Fsp3) is 0.500. The van der Waals surface area contributed by atoms with Gasteiger partial charge in [-0.25, -0.2) is 9.18 Å². The van der Waals surface area contributed by atoms with Gasteiger partial charge in [-0.3, -0.25) is 24.6 Å². The van der Waals surface area contributed by atoms with E-state index < -0.39 is 23.5 Å². The molecule has 2 aromatic carbocycles. The van der Waals surface area contributed by atoms with E-state index in [1.807, 2.05) is 34.1 Å². The number of morpholine rings is 1. The molecular weight excluding hydrogens is 736 g/mol. The molecule has 0 unspecified atom stereocenters. The van der Waals surface area contributed by atoms with Gasteiger partial charge in [0.15, 0.2) is 17.4 Å². The third kappa shape index (κ3) is 6.85. The number of benzene rings is 2. The molecule has 17 heteroatoms. The molecule has 16 nitrogen and oxygen atoms in total. The van der Waals surface area contributed by atoms with Crippen LogP contribution in [0.4, 0.5) is 26.4 Å². The van der Waals surface area contributed by atoms with Gasteiger partial charge in [0.1, 0.15) is 6.04 Å². The fourth-order valence-electron chi connectivity index (χ4n) is 9.55. The number of fused-ring (bicyclic) bond motifs is 4. The summed E-state index contributed by atoms with van der Waals surface area (Å²) < 4.78 is 20.4. The second-order valence-corrected chi connectivity index (χ2v) is 16.1. The summed E-state index contributed by atoms with van der Waals surface area (Å²) in [4.78, 5) is 64.0. The first-order valence-corrected chi connectivity index (χ1v) is 19.8. The van der Waals surface area contributed by atoms with Crippen LogP contribution in [0, 0.1) is 5.82 Å². The van der Waals surface area contributed by atoms with Crippen molar-refractivity contribution < 1.29 is 33.4 Å². The number of para-hydroxylation sites is 1. The molecule has 0 radical (unpaired) electrons. The maximum absolute atomic E-state index is 14.2. The number of carbonyl (C=O) groups is 4. The normalized spacial score (nSPS) is 26.5. The van der Waals surface area contributed by atoms with Gasteiger partial charge in [0.25, 0.3) is 5.91 Å². The summed E-state index contributed by atoms with van der Waals surface area (Å²) in [5.74, 6) is -1.46. The Morgan fingerprint density at radius 3 is 2.60 bits per heavy atom. The summed E-state index contributed by atoms with van der Waals surface area (Å²) in [6, 6.07) is 11.4. The number of aromatic nitrogens is 2. The number of aromatic hydroxyl groups is 1. The third-order valence-corrected chi connectivity index (χ3v) is 12.3. The molecule has 300 valence electrons. The lowest BCUT2D eigenvalue weighted by molar-refractivity contribution is -0.136. The molecule has 0 bridgehead atoms. The number of rotatable bonds is 5. The van der Waals surface area contributed by atoms with Crippen LogP contribution in [0.1, 0.15) is 42.6 Å². The average molecular weight is 783 g/mol. The fourth-order valence-corrected chi connectivity index (χ4v) is 9.55. The molecule has 0 spiro atoms. The second-order valence-electron chi connectivity index (χ2n) is 16.1. The highest BCUT2D eigenvalue weighted by Crippen LogP contribution is 2.37. The van der Waals surface area contributed by atoms with Crippen LogP contribution in [0.25, 0.3) is 11.3 Å². The van der Waals surface area contributed by atoms with Gasteiger partial charge >= 0.3 is 6.03 Å². The number of imide groups is 1. The Morgan fingerprint density at radius 1 is 0.965 bits per heavy atom. The van der Waals surface area contributed by atoms with Gasteiger partial charge in [0, 0.05) is 101 Å². The highest BCUT2D eigenvalue weighted by Gasteiger charge is 2.42. The van der Waals surface area contributed by atoms with Crippen LogP contribution in [0.5, 0.6) is 5.75 Å². The molecule has 3 N–H and O–H groups in total. The van der Waals surface area contributed by atoms with Crippen molar-refractivity contribution >= 4 is 40.9 Å². The van der Waals surface area contributed by atoms with Crippen LogP contribution < -0.4 is 20.4 Å². The minimum atomic E-state index is -0.719. The van der Waals surface area contributed by atoms with E-state index in [0.717, 1.165) is 43.1 Å². The quantitative estimate of drug-likeness (QED) is 0.323. The number of hydrogen-bond acceptors (Lipinski definition) is 12. The number of phenols is 1. The molecule has 9 rings (SSSR count). The van der Waals surface area contributed by atoms with Crippen molar-refractivity contribution in [1.29, 1.82) is 0 Å². The van der Waals surface area contributed by atoms with Crippen molar-refractivity contribution in [2.75, 3.05) is 80.6 Å². The first-order valence-electron chi connectivity index (χ1n) is 19.8. The van der Waals surface area contributed by atoms with E-state index in [2.05, 4.69) is 49.4 Å². The van der Waals surface area contributed by atoms with Crippen LogP contribution >= 0.6 is 0 Å². The number of halogens is 1. The molecule has 5 amide bonds. The summed E-state index contributed by atoms with van der Waals surface area (Å²) in [5.41, 5.74) is 3.95. The van der Waals surface area contributed by atoms with Gasteiger partial charge in [-0.1, -0.05) is 6.07 Å². The summed E-state index contributed by atoms with van der Waals surface area (Å²) in [5, 5.41) is 24.6. The maximum atomic E-state index is 14.2. The molecular formula is C40H47FN10O6. The molecule has 0 saturated carbocycles. The second kappa shape index (κ2) is 14.8. The lowest BCUT2D eigenvalue weighted by Crippen LogP contribution is -2.66. The average Bonchev–Trinajstić information content (AvgIpc) is 3.53. The van der Waals surface area contributed by atoms with Crippen molar-refractivity contribution in [3.8, 4) is 17.0 Å². The standard InChI is InChI=1S/C40H47FN10O6/c1-23-17-46(21-28-22-47(12-13-57-28)26-6-7-29-25(14-26)19-50(39(29)55)33-8-9-35(52)43-38(33)54)18-24(2)51(23)40(56)48-10-11-49-27(20-48)16-42-37-34(49)15-32(44-45-37)30-4-3-5-31(41)36(30)53/h3-7,14-15,23-24,27-28,33,53H,8-13,16-22H2,1-2H3,(H,42,45)(H,43,52,54)/t23-,24+,27-,28-,33+/m0/s1. The number of amides is 5. The predicted octanol–water partition coefficient (Wildman–Crippen LogP) is 2.09. The smallest absolute Gasteiger partial charge is 0.320 e. The Kier molecular flexibility index (Phi) is 9.59. The minimum Gasteiger partial charge on any atom is -0.504 e. The predicted molar refractivity (Wildman–Crippen MR) is 207 cm³/mol. The molecule has 6 aliphatic rings. The number of phenolic OH excluding ortho intramolecular Hbond substituents is 1. The molecule has 4 saturated heterocycles. The summed E-state index contributed by atoms with van der Waals surface area (Å²) >= 11 is 0. The topological polar surface area (TPSA) is 167 Å².